The van der Waals surface area contributed by atoms with Crippen LogP contribution in [0.2, 0.25) is 0 Å². The number of carboxylic acid groups (broad SMARTS) is 1. The van der Waals surface area contributed by atoms with Crippen LogP contribution in [-0.2, 0) is 11.2 Å². The Morgan fingerprint density at radius 3 is 2.59 bits per heavy atom. The summed E-state index contributed by atoms with van der Waals surface area (Å²) in [6.07, 6.45) is 7.44. The van der Waals surface area contributed by atoms with Crippen molar-refractivity contribution in [3.05, 3.63) is 48.3 Å². The van der Waals surface area contributed by atoms with Gasteiger partial charge >= 0.3 is 5.97 Å². The third kappa shape index (κ3) is 3.06. The highest BCUT2D eigenvalue weighted by atomic mass is 16.4. The average Bonchev–Trinajstić information content (AvgIpc) is 2.54. The number of hydrogen-bond acceptors (Lipinski definition) is 3. The van der Waals surface area contributed by atoms with Gasteiger partial charge in [-0.15, -0.1) is 0 Å². The van der Waals surface area contributed by atoms with Crippen LogP contribution >= 0.6 is 0 Å². The lowest BCUT2D eigenvalue weighted by molar-refractivity contribution is -0.137. The van der Waals surface area contributed by atoms with E-state index in [0.717, 1.165) is 47.5 Å². The number of hydrogen-bond donors (Lipinski definition) is 1. The van der Waals surface area contributed by atoms with E-state index in [1.165, 1.54) is 5.56 Å². The second kappa shape index (κ2) is 6.52. The summed E-state index contributed by atoms with van der Waals surface area (Å²) in [4.78, 5) is 19.5. The number of unbranched alkanes of at least 4 members (excludes halogenated alkanes) is 2. The molecule has 0 radical (unpaired) electrons. The molecule has 0 saturated carbocycles. The molecule has 0 aliphatic rings. The Bertz CT molecular complexity index is 814. The lowest BCUT2D eigenvalue weighted by Crippen LogP contribution is -1.95. The topological polar surface area (TPSA) is 63.1 Å². The van der Waals surface area contributed by atoms with Gasteiger partial charge < -0.3 is 5.11 Å². The van der Waals surface area contributed by atoms with Crippen LogP contribution in [0.5, 0.6) is 0 Å². The maximum absolute atomic E-state index is 10.5. The second-order valence-corrected chi connectivity index (χ2v) is 5.46. The van der Waals surface area contributed by atoms with E-state index in [9.17, 15) is 4.79 Å². The van der Waals surface area contributed by atoms with Crippen LogP contribution in [0, 0.1) is 0 Å². The van der Waals surface area contributed by atoms with Crippen LogP contribution in [0.4, 0.5) is 0 Å². The standard InChI is InChI=1S/C18H18N2O2/c21-16(22)9-3-1-2-6-13-12-14-7-4-10-19-17(14)18-15(13)8-5-11-20-18/h4-5,7-8,10-12H,1-3,6,9H2,(H,21,22). The molecule has 0 spiro atoms. The Balaban J connectivity index is 1.86. The molecule has 3 rings (SSSR count). The molecular formula is C18H18N2O2. The van der Waals surface area contributed by atoms with Crippen molar-refractivity contribution in [1.29, 1.82) is 0 Å². The summed E-state index contributed by atoms with van der Waals surface area (Å²) in [5.41, 5.74) is 3.15. The van der Waals surface area contributed by atoms with Crippen molar-refractivity contribution in [3.63, 3.8) is 0 Å². The third-order valence-electron chi connectivity index (χ3n) is 3.88. The Morgan fingerprint density at radius 2 is 1.77 bits per heavy atom. The Kier molecular flexibility index (Phi) is 4.28. The number of carbonyl (C=O) groups is 1. The molecule has 0 fully saturated rings. The first kappa shape index (κ1) is 14.4. The number of fused-ring (bicyclic) bond motifs is 3. The van der Waals surface area contributed by atoms with Crippen molar-refractivity contribution in [1.82, 2.24) is 9.97 Å². The number of rotatable bonds is 6. The van der Waals surface area contributed by atoms with Crippen LogP contribution in [0.3, 0.4) is 0 Å². The van der Waals surface area contributed by atoms with E-state index >= 15 is 0 Å². The number of aromatic nitrogens is 2. The number of benzene rings is 1. The van der Waals surface area contributed by atoms with Crippen molar-refractivity contribution >= 4 is 27.8 Å². The number of pyridine rings is 2. The van der Waals surface area contributed by atoms with Crippen molar-refractivity contribution in [2.75, 3.05) is 0 Å². The zero-order chi connectivity index (χ0) is 15.4. The zero-order valence-corrected chi connectivity index (χ0v) is 12.3. The fourth-order valence-corrected chi connectivity index (χ4v) is 2.83. The highest BCUT2D eigenvalue weighted by Gasteiger charge is 2.08. The molecule has 0 amide bonds. The SMILES string of the molecule is O=C(O)CCCCCc1cc2cccnc2c2ncccc12. The quantitative estimate of drug-likeness (QED) is 0.552. The minimum atomic E-state index is -0.716. The molecule has 4 nitrogen and oxygen atoms in total. The number of nitrogens with zero attached hydrogens (tertiary/aromatic N) is 2. The van der Waals surface area contributed by atoms with Crippen LogP contribution in [-0.4, -0.2) is 21.0 Å². The van der Waals surface area contributed by atoms with Crippen LogP contribution in [0.15, 0.2) is 42.7 Å². The van der Waals surface area contributed by atoms with Gasteiger partial charge in [-0.3, -0.25) is 14.8 Å². The van der Waals surface area contributed by atoms with Gasteiger partial charge in [0.05, 0.1) is 11.0 Å². The summed E-state index contributed by atoms with van der Waals surface area (Å²) in [5, 5.41) is 10.9. The maximum atomic E-state index is 10.5. The first-order valence-electron chi connectivity index (χ1n) is 7.59. The molecule has 2 aromatic heterocycles. The molecule has 0 aliphatic heterocycles. The summed E-state index contributed by atoms with van der Waals surface area (Å²) in [6.45, 7) is 0. The van der Waals surface area contributed by atoms with E-state index < -0.39 is 5.97 Å². The van der Waals surface area contributed by atoms with E-state index in [1.54, 1.807) is 12.4 Å². The predicted octanol–water partition coefficient (Wildman–Crippen LogP) is 3.97. The van der Waals surface area contributed by atoms with Crippen molar-refractivity contribution in [2.24, 2.45) is 0 Å². The van der Waals surface area contributed by atoms with Crippen LogP contribution in [0.25, 0.3) is 21.8 Å². The summed E-state index contributed by atoms with van der Waals surface area (Å²) in [7, 11) is 0. The Hall–Kier alpha value is -2.49. The molecule has 4 heteroatoms. The first-order chi connectivity index (χ1) is 10.8. The van der Waals surface area contributed by atoms with E-state index in [2.05, 4.69) is 28.2 Å². The van der Waals surface area contributed by atoms with Gasteiger partial charge in [0.25, 0.3) is 0 Å². The fourth-order valence-electron chi connectivity index (χ4n) is 2.83. The van der Waals surface area contributed by atoms with E-state index in [-0.39, 0.29) is 6.42 Å². The van der Waals surface area contributed by atoms with Gasteiger partial charge in [0.1, 0.15) is 0 Å². The van der Waals surface area contributed by atoms with Crippen molar-refractivity contribution < 1.29 is 9.90 Å². The minimum Gasteiger partial charge on any atom is -0.481 e. The van der Waals surface area contributed by atoms with Crippen LogP contribution in [0.1, 0.15) is 31.2 Å². The summed E-state index contributed by atoms with van der Waals surface area (Å²) < 4.78 is 0. The van der Waals surface area contributed by atoms with Gasteiger partial charge in [0.15, 0.2) is 0 Å². The number of aliphatic carboxylic acids is 1. The lowest BCUT2D eigenvalue weighted by Gasteiger charge is -2.09. The first-order valence-corrected chi connectivity index (χ1v) is 7.59. The Labute approximate surface area is 128 Å². The van der Waals surface area contributed by atoms with Crippen LogP contribution < -0.4 is 0 Å². The predicted molar refractivity (Wildman–Crippen MR) is 86.9 cm³/mol. The lowest BCUT2D eigenvalue weighted by atomic mass is 9.99. The molecule has 0 saturated heterocycles. The van der Waals surface area contributed by atoms with Gasteiger partial charge in [0.2, 0.25) is 0 Å². The van der Waals surface area contributed by atoms with E-state index in [1.807, 2.05) is 12.1 Å². The number of aryl methyl sites for hydroxylation is 1. The van der Waals surface area contributed by atoms with Gasteiger partial charge in [0, 0.05) is 29.6 Å². The largest absolute Gasteiger partial charge is 0.481 e. The number of carboxylic acids is 1. The molecule has 2 heterocycles. The second-order valence-electron chi connectivity index (χ2n) is 5.46. The third-order valence-corrected chi connectivity index (χ3v) is 3.88. The summed E-state index contributed by atoms with van der Waals surface area (Å²) in [6, 6.07) is 10.2. The van der Waals surface area contributed by atoms with Gasteiger partial charge in [-0.05, 0) is 43.0 Å². The fraction of sp³-hybridized carbons (Fsp3) is 0.278. The van der Waals surface area contributed by atoms with Crippen molar-refractivity contribution in [3.8, 4) is 0 Å². The monoisotopic (exact) mass is 294 g/mol. The smallest absolute Gasteiger partial charge is 0.303 e. The van der Waals surface area contributed by atoms with Gasteiger partial charge in [-0.25, -0.2) is 0 Å². The molecule has 112 valence electrons. The molecule has 0 atom stereocenters. The summed E-state index contributed by atoms with van der Waals surface area (Å²) in [5.74, 6) is -0.716. The molecule has 0 unspecified atom stereocenters. The van der Waals surface area contributed by atoms with Crippen molar-refractivity contribution in [2.45, 2.75) is 32.1 Å². The van der Waals surface area contributed by atoms with E-state index in [0.29, 0.717) is 0 Å². The van der Waals surface area contributed by atoms with Gasteiger partial charge in [-0.2, -0.15) is 0 Å². The highest BCUT2D eigenvalue weighted by molar-refractivity contribution is 6.04. The molecule has 0 aliphatic carbocycles. The molecular weight excluding hydrogens is 276 g/mol. The molecule has 22 heavy (non-hydrogen) atoms. The average molecular weight is 294 g/mol. The summed E-state index contributed by atoms with van der Waals surface area (Å²) >= 11 is 0. The normalized spacial score (nSPS) is 11.1. The molecule has 1 aromatic carbocycles. The van der Waals surface area contributed by atoms with Gasteiger partial charge in [-0.1, -0.05) is 18.6 Å². The minimum absolute atomic E-state index is 0.254. The molecule has 1 N–H and O–H groups in total. The maximum Gasteiger partial charge on any atom is 0.303 e. The highest BCUT2D eigenvalue weighted by Crippen LogP contribution is 2.26. The molecule has 3 aromatic rings. The van der Waals surface area contributed by atoms with E-state index in [4.69, 9.17) is 5.11 Å². The zero-order valence-electron chi connectivity index (χ0n) is 12.3. The Morgan fingerprint density at radius 1 is 1.00 bits per heavy atom. The molecule has 0 bridgehead atoms.